The van der Waals surface area contributed by atoms with Gasteiger partial charge in [0, 0.05) is 16.8 Å². The Labute approximate surface area is 174 Å². The number of esters is 1. The van der Waals surface area contributed by atoms with Crippen LogP contribution in [0, 0.1) is 23.7 Å². The van der Waals surface area contributed by atoms with Crippen LogP contribution < -0.4 is 10.4 Å². The summed E-state index contributed by atoms with van der Waals surface area (Å²) in [4.78, 5) is 38.7. The zero-order valence-electron chi connectivity index (χ0n) is 16.6. The Morgan fingerprint density at radius 1 is 1.14 bits per heavy atom. The summed E-state index contributed by atoms with van der Waals surface area (Å²) >= 11 is 1.44. The molecule has 2 bridgehead atoms. The third kappa shape index (κ3) is 3.72. The maximum absolute atomic E-state index is 13.1. The van der Waals surface area contributed by atoms with E-state index in [0.29, 0.717) is 23.6 Å². The molecule has 156 valence electrons. The van der Waals surface area contributed by atoms with Gasteiger partial charge in [-0.3, -0.25) is 4.79 Å². The molecule has 0 radical (unpaired) electrons. The minimum atomic E-state index is -1.17. The Hall–Kier alpha value is -2.15. The molecule has 0 saturated heterocycles. The molecule has 3 aliphatic carbocycles. The first-order chi connectivity index (χ1) is 14.0. The topological polar surface area (TPSA) is 95.5 Å². The number of hydrogen-bond donors (Lipinski definition) is 1. The molecule has 1 aromatic rings. The fraction of sp³-hybridized carbons (Fsp3) is 0.591. The number of ether oxygens (including phenoxy) is 1. The predicted octanol–water partition coefficient (Wildman–Crippen LogP) is 2.71. The van der Waals surface area contributed by atoms with Crippen LogP contribution >= 0.6 is 11.3 Å². The molecular weight excluding hydrogens is 390 g/mol. The first kappa shape index (κ1) is 20.1. The average molecular weight is 417 g/mol. The SMILES string of the molecule is CCCOC(=O)c1c(NC(=O)[C@H]2[C@@H](C(=O)[O-])[C@H]3C=C[C@@H]2C3)sc2c1CCCCC2. The Bertz CT molecular complexity index is 858. The third-order valence-electron chi connectivity index (χ3n) is 6.33. The molecule has 1 fully saturated rings. The van der Waals surface area contributed by atoms with Gasteiger partial charge in [-0.15, -0.1) is 11.3 Å². The van der Waals surface area contributed by atoms with E-state index in [1.54, 1.807) is 0 Å². The smallest absolute Gasteiger partial charge is 0.341 e. The number of aliphatic carboxylic acids is 1. The number of aryl methyl sites for hydroxylation is 1. The van der Waals surface area contributed by atoms with Gasteiger partial charge in [-0.1, -0.05) is 25.5 Å². The molecule has 0 aliphatic heterocycles. The molecular formula is C22H26NO5S-. The Morgan fingerprint density at radius 3 is 2.59 bits per heavy atom. The normalized spacial score (nSPS) is 27.3. The molecule has 1 amide bonds. The van der Waals surface area contributed by atoms with Crippen LogP contribution in [0.2, 0.25) is 0 Å². The number of amides is 1. The van der Waals surface area contributed by atoms with Gasteiger partial charge < -0.3 is 20.0 Å². The van der Waals surface area contributed by atoms with Gasteiger partial charge in [-0.2, -0.15) is 0 Å². The molecule has 1 aromatic heterocycles. The first-order valence-electron chi connectivity index (χ1n) is 10.5. The number of carbonyl (C=O) groups is 3. The lowest BCUT2D eigenvalue weighted by Gasteiger charge is -2.27. The van der Waals surface area contributed by atoms with Crippen LogP contribution in [-0.2, 0) is 27.2 Å². The molecule has 4 rings (SSSR count). The van der Waals surface area contributed by atoms with Gasteiger partial charge in [0.15, 0.2) is 0 Å². The van der Waals surface area contributed by atoms with Gasteiger partial charge in [-0.25, -0.2) is 4.79 Å². The van der Waals surface area contributed by atoms with E-state index < -0.39 is 23.8 Å². The highest BCUT2D eigenvalue weighted by atomic mass is 32.1. The maximum atomic E-state index is 13.1. The number of hydrogen-bond acceptors (Lipinski definition) is 6. The quantitative estimate of drug-likeness (QED) is 0.437. The van der Waals surface area contributed by atoms with E-state index in [1.165, 1.54) is 11.3 Å². The summed E-state index contributed by atoms with van der Waals surface area (Å²) in [5.41, 5.74) is 1.46. The number of carboxylic acids is 1. The largest absolute Gasteiger partial charge is 0.550 e. The van der Waals surface area contributed by atoms with Crippen LogP contribution in [0.15, 0.2) is 12.2 Å². The molecule has 0 unspecified atom stereocenters. The van der Waals surface area contributed by atoms with E-state index in [0.717, 1.165) is 49.0 Å². The van der Waals surface area contributed by atoms with Crippen molar-refractivity contribution in [1.29, 1.82) is 0 Å². The number of carboxylic acid groups (broad SMARTS) is 1. The van der Waals surface area contributed by atoms with Crippen molar-refractivity contribution in [2.45, 2.75) is 51.9 Å². The Kier molecular flexibility index (Phi) is 5.76. The lowest BCUT2D eigenvalue weighted by atomic mass is 9.82. The number of fused-ring (bicyclic) bond motifs is 3. The average Bonchev–Trinajstić information content (AvgIpc) is 3.35. The zero-order valence-corrected chi connectivity index (χ0v) is 17.4. The van der Waals surface area contributed by atoms with Gasteiger partial charge in [-0.05, 0) is 55.9 Å². The maximum Gasteiger partial charge on any atom is 0.341 e. The Morgan fingerprint density at radius 2 is 1.86 bits per heavy atom. The first-order valence-corrected chi connectivity index (χ1v) is 11.3. The summed E-state index contributed by atoms with van der Waals surface area (Å²) in [6, 6.07) is 0. The molecule has 0 spiro atoms. The van der Waals surface area contributed by atoms with Crippen LogP contribution in [0.25, 0.3) is 0 Å². The van der Waals surface area contributed by atoms with E-state index in [-0.39, 0.29) is 17.7 Å². The Balaban J connectivity index is 1.62. The van der Waals surface area contributed by atoms with E-state index in [1.807, 2.05) is 19.1 Å². The van der Waals surface area contributed by atoms with Crippen LogP contribution in [-0.4, -0.2) is 24.5 Å². The van der Waals surface area contributed by atoms with Gasteiger partial charge in [0.05, 0.1) is 18.1 Å². The van der Waals surface area contributed by atoms with Crippen molar-refractivity contribution >= 4 is 34.2 Å². The van der Waals surface area contributed by atoms with Gasteiger partial charge in [0.1, 0.15) is 5.00 Å². The number of anilines is 1. The minimum Gasteiger partial charge on any atom is -0.550 e. The number of nitrogens with one attached hydrogen (secondary N) is 1. The molecule has 3 aliphatic rings. The number of rotatable bonds is 6. The third-order valence-corrected chi connectivity index (χ3v) is 7.54. The van der Waals surface area contributed by atoms with Crippen molar-refractivity contribution in [1.82, 2.24) is 0 Å². The highest BCUT2D eigenvalue weighted by Gasteiger charge is 2.49. The van der Waals surface area contributed by atoms with Crippen molar-refractivity contribution in [2.24, 2.45) is 23.7 Å². The van der Waals surface area contributed by atoms with Crippen LogP contribution in [0.3, 0.4) is 0 Å². The highest BCUT2D eigenvalue weighted by molar-refractivity contribution is 7.17. The fourth-order valence-corrected chi connectivity index (χ4v) is 6.29. The zero-order chi connectivity index (χ0) is 20.5. The van der Waals surface area contributed by atoms with Crippen molar-refractivity contribution in [3.63, 3.8) is 0 Å². The van der Waals surface area contributed by atoms with Gasteiger partial charge in [0.2, 0.25) is 5.91 Å². The molecule has 1 heterocycles. The second-order valence-electron chi connectivity index (χ2n) is 8.21. The van der Waals surface area contributed by atoms with Crippen molar-refractivity contribution in [3.8, 4) is 0 Å². The fourth-order valence-electron chi connectivity index (χ4n) is 5.01. The van der Waals surface area contributed by atoms with E-state index >= 15 is 0 Å². The summed E-state index contributed by atoms with van der Waals surface area (Å²) in [7, 11) is 0. The molecule has 29 heavy (non-hydrogen) atoms. The number of allylic oxidation sites excluding steroid dienone is 2. The van der Waals surface area contributed by atoms with E-state index in [9.17, 15) is 19.5 Å². The number of thiophene rings is 1. The second kappa shape index (κ2) is 8.30. The summed E-state index contributed by atoms with van der Waals surface area (Å²) in [5.74, 6) is -3.60. The van der Waals surface area contributed by atoms with Crippen molar-refractivity contribution in [3.05, 3.63) is 28.2 Å². The minimum absolute atomic E-state index is 0.0869. The second-order valence-corrected chi connectivity index (χ2v) is 9.32. The predicted molar refractivity (Wildman–Crippen MR) is 108 cm³/mol. The lowest BCUT2D eigenvalue weighted by molar-refractivity contribution is -0.313. The molecule has 0 aromatic carbocycles. The van der Waals surface area contributed by atoms with Crippen LogP contribution in [0.4, 0.5) is 5.00 Å². The molecule has 1 saturated carbocycles. The van der Waals surface area contributed by atoms with Crippen molar-refractivity contribution in [2.75, 3.05) is 11.9 Å². The summed E-state index contributed by atoms with van der Waals surface area (Å²) in [6.45, 7) is 2.27. The molecule has 6 nitrogen and oxygen atoms in total. The summed E-state index contributed by atoms with van der Waals surface area (Å²) < 4.78 is 5.40. The monoisotopic (exact) mass is 416 g/mol. The number of carbonyl (C=O) groups excluding carboxylic acids is 3. The van der Waals surface area contributed by atoms with Crippen LogP contribution in [0.1, 0.15) is 59.8 Å². The standard InChI is InChI=1S/C22H27NO5S/c1-2-10-28-22(27)18-14-6-4-3-5-7-15(14)29-20(18)23-19(24)16-12-8-9-13(11-12)17(16)21(25)26/h8-9,12-13,16-17H,2-7,10-11H2,1H3,(H,23,24)(H,25,26)/p-1/t12-,13+,16-,17+/m1/s1. The highest BCUT2D eigenvalue weighted by Crippen LogP contribution is 2.48. The lowest BCUT2D eigenvalue weighted by Crippen LogP contribution is -2.42. The summed E-state index contributed by atoms with van der Waals surface area (Å²) in [5, 5.41) is 15.1. The van der Waals surface area contributed by atoms with Gasteiger partial charge in [0.25, 0.3) is 0 Å². The molecule has 7 heteroatoms. The molecule has 4 atom stereocenters. The molecule has 1 N–H and O–H groups in total. The van der Waals surface area contributed by atoms with E-state index in [2.05, 4.69) is 5.32 Å². The van der Waals surface area contributed by atoms with E-state index in [4.69, 9.17) is 4.74 Å². The van der Waals surface area contributed by atoms with Crippen LogP contribution in [0.5, 0.6) is 0 Å². The van der Waals surface area contributed by atoms with Gasteiger partial charge >= 0.3 is 5.97 Å². The summed E-state index contributed by atoms with van der Waals surface area (Å²) in [6.07, 6.45) is 10.1. The van der Waals surface area contributed by atoms with Crippen molar-refractivity contribution < 1.29 is 24.2 Å².